The van der Waals surface area contributed by atoms with Gasteiger partial charge >= 0.3 is 5.97 Å². The van der Waals surface area contributed by atoms with Crippen LogP contribution in [0.1, 0.15) is 49.0 Å². The van der Waals surface area contributed by atoms with Crippen molar-refractivity contribution in [2.45, 2.75) is 38.6 Å². The van der Waals surface area contributed by atoms with Crippen LogP contribution in [-0.2, 0) is 0 Å². The number of hydrogen-bond donors (Lipinski definition) is 1. The van der Waals surface area contributed by atoms with Crippen LogP contribution in [0.5, 0.6) is 0 Å². The van der Waals surface area contributed by atoms with Gasteiger partial charge in [-0.05, 0) is 18.8 Å². The fourth-order valence-corrected chi connectivity index (χ4v) is 2.32. The molecular weight excluding hydrogens is 192 g/mol. The van der Waals surface area contributed by atoms with Gasteiger partial charge in [0.2, 0.25) is 0 Å². The van der Waals surface area contributed by atoms with E-state index in [1.807, 2.05) is 4.68 Å². The smallest absolute Gasteiger partial charge is 0.338 e. The molecule has 4 heteroatoms. The lowest BCUT2D eigenvalue weighted by molar-refractivity contribution is 0.0696. The van der Waals surface area contributed by atoms with E-state index >= 15 is 0 Å². The summed E-state index contributed by atoms with van der Waals surface area (Å²) in [4.78, 5) is 10.7. The van der Waals surface area contributed by atoms with Crippen molar-refractivity contribution in [2.75, 3.05) is 0 Å². The first-order chi connectivity index (χ1) is 7.18. The summed E-state index contributed by atoms with van der Waals surface area (Å²) in [5, 5.41) is 13.0. The Labute approximate surface area is 88.9 Å². The lowest BCUT2D eigenvalue weighted by Crippen LogP contribution is -2.21. The maximum atomic E-state index is 10.7. The van der Waals surface area contributed by atoms with Crippen LogP contribution in [0.25, 0.3) is 0 Å². The summed E-state index contributed by atoms with van der Waals surface area (Å²) in [6.45, 7) is 2.21. The summed E-state index contributed by atoms with van der Waals surface area (Å²) in [7, 11) is 0. The third-order valence-corrected chi connectivity index (χ3v) is 3.25. The first-order valence-corrected chi connectivity index (χ1v) is 5.46. The van der Waals surface area contributed by atoms with Gasteiger partial charge in [0.05, 0.1) is 17.8 Å². The average molecular weight is 208 g/mol. The fourth-order valence-electron chi connectivity index (χ4n) is 2.32. The minimum absolute atomic E-state index is 0.285. The number of carboxylic acids is 1. The molecule has 0 saturated heterocycles. The van der Waals surface area contributed by atoms with E-state index in [0.717, 1.165) is 6.42 Å². The third-order valence-electron chi connectivity index (χ3n) is 3.25. The Morgan fingerprint density at radius 3 is 2.87 bits per heavy atom. The first-order valence-electron chi connectivity index (χ1n) is 5.46. The van der Waals surface area contributed by atoms with Crippen molar-refractivity contribution in [3.63, 3.8) is 0 Å². The van der Waals surface area contributed by atoms with E-state index in [2.05, 4.69) is 12.0 Å². The van der Waals surface area contributed by atoms with Crippen molar-refractivity contribution in [1.29, 1.82) is 0 Å². The standard InChI is InChI=1S/C11H16N2O2/c1-8-4-2-3-5-10(8)13-7-9(6-12-13)11(14)15/h6-8,10H,2-5H2,1H3,(H,14,15)/t8-,10-/m1/s1. The summed E-state index contributed by atoms with van der Waals surface area (Å²) in [5.41, 5.74) is 0.285. The Balaban J connectivity index is 2.17. The van der Waals surface area contributed by atoms with Crippen molar-refractivity contribution >= 4 is 5.97 Å². The van der Waals surface area contributed by atoms with Crippen molar-refractivity contribution in [3.05, 3.63) is 18.0 Å². The molecule has 2 rings (SSSR count). The Bertz CT molecular complexity index is 359. The van der Waals surface area contributed by atoms with Gasteiger partial charge in [-0.2, -0.15) is 5.10 Å². The highest BCUT2D eigenvalue weighted by Gasteiger charge is 2.23. The fraction of sp³-hybridized carbons (Fsp3) is 0.636. The lowest BCUT2D eigenvalue weighted by atomic mass is 9.86. The average Bonchev–Trinajstić information content (AvgIpc) is 2.67. The van der Waals surface area contributed by atoms with Crippen LogP contribution >= 0.6 is 0 Å². The molecule has 1 aliphatic carbocycles. The molecule has 1 heterocycles. The largest absolute Gasteiger partial charge is 0.478 e. The van der Waals surface area contributed by atoms with Crippen LogP contribution < -0.4 is 0 Å². The molecule has 1 N–H and O–H groups in total. The Morgan fingerprint density at radius 2 is 2.27 bits per heavy atom. The molecule has 0 unspecified atom stereocenters. The van der Waals surface area contributed by atoms with Crippen LogP contribution in [0.4, 0.5) is 0 Å². The van der Waals surface area contributed by atoms with Crippen LogP contribution in [0, 0.1) is 5.92 Å². The van der Waals surface area contributed by atoms with E-state index in [-0.39, 0.29) is 5.56 Å². The number of rotatable bonds is 2. The van der Waals surface area contributed by atoms with Gasteiger partial charge < -0.3 is 5.11 Å². The second-order valence-corrected chi connectivity index (χ2v) is 4.34. The molecule has 1 fully saturated rings. The molecule has 0 aliphatic heterocycles. The number of nitrogens with zero attached hydrogens (tertiary/aromatic N) is 2. The molecule has 1 aromatic rings. The minimum atomic E-state index is -0.898. The maximum Gasteiger partial charge on any atom is 0.338 e. The Morgan fingerprint density at radius 1 is 1.53 bits per heavy atom. The number of aromatic nitrogens is 2. The van der Waals surface area contributed by atoms with Gasteiger partial charge in [0, 0.05) is 6.20 Å². The quantitative estimate of drug-likeness (QED) is 0.811. The molecule has 1 aliphatic rings. The molecule has 15 heavy (non-hydrogen) atoms. The van der Waals surface area contributed by atoms with Gasteiger partial charge in [-0.1, -0.05) is 19.8 Å². The monoisotopic (exact) mass is 208 g/mol. The summed E-state index contributed by atoms with van der Waals surface area (Å²) >= 11 is 0. The highest BCUT2D eigenvalue weighted by Crippen LogP contribution is 2.32. The number of carboxylic acid groups (broad SMARTS) is 1. The summed E-state index contributed by atoms with van der Waals surface area (Å²) in [5.74, 6) is -0.301. The number of hydrogen-bond acceptors (Lipinski definition) is 2. The molecule has 1 aromatic heterocycles. The van der Waals surface area contributed by atoms with Gasteiger partial charge in [-0.25, -0.2) is 4.79 Å². The second-order valence-electron chi connectivity index (χ2n) is 4.34. The van der Waals surface area contributed by atoms with E-state index in [9.17, 15) is 4.79 Å². The summed E-state index contributed by atoms with van der Waals surface area (Å²) in [6.07, 6.45) is 7.91. The third kappa shape index (κ3) is 2.03. The van der Waals surface area contributed by atoms with Gasteiger partial charge in [-0.15, -0.1) is 0 Å². The molecule has 0 aromatic carbocycles. The van der Waals surface area contributed by atoms with E-state index in [4.69, 9.17) is 5.11 Å². The van der Waals surface area contributed by atoms with Crippen LogP contribution in [0.3, 0.4) is 0 Å². The van der Waals surface area contributed by atoms with Crippen molar-refractivity contribution in [2.24, 2.45) is 5.92 Å². The van der Waals surface area contributed by atoms with Crippen molar-refractivity contribution in [3.8, 4) is 0 Å². The van der Waals surface area contributed by atoms with Crippen molar-refractivity contribution in [1.82, 2.24) is 9.78 Å². The molecule has 0 radical (unpaired) electrons. The summed E-state index contributed by atoms with van der Waals surface area (Å²) in [6, 6.07) is 0.381. The Hall–Kier alpha value is -1.32. The second kappa shape index (κ2) is 4.04. The van der Waals surface area contributed by atoms with Crippen LogP contribution in [0.2, 0.25) is 0 Å². The van der Waals surface area contributed by atoms with E-state index in [0.29, 0.717) is 12.0 Å². The van der Waals surface area contributed by atoms with Gasteiger partial charge in [-0.3, -0.25) is 4.68 Å². The minimum Gasteiger partial charge on any atom is -0.478 e. The highest BCUT2D eigenvalue weighted by molar-refractivity contribution is 5.86. The van der Waals surface area contributed by atoms with Gasteiger partial charge in [0.1, 0.15) is 0 Å². The highest BCUT2D eigenvalue weighted by atomic mass is 16.4. The summed E-state index contributed by atoms with van der Waals surface area (Å²) < 4.78 is 1.83. The molecule has 82 valence electrons. The topological polar surface area (TPSA) is 55.1 Å². The zero-order chi connectivity index (χ0) is 10.8. The van der Waals surface area contributed by atoms with Crippen LogP contribution in [-0.4, -0.2) is 20.9 Å². The van der Waals surface area contributed by atoms with Gasteiger partial charge in [0.15, 0.2) is 0 Å². The van der Waals surface area contributed by atoms with Crippen LogP contribution in [0.15, 0.2) is 12.4 Å². The number of carbonyl (C=O) groups is 1. The molecular formula is C11H16N2O2. The van der Waals surface area contributed by atoms with E-state index < -0.39 is 5.97 Å². The molecule has 4 nitrogen and oxygen atoms in total. The lowest BCUT2D eigenvalue weighted by Gasteiger charge is -2.28. The molecule has 1 saturated carbocycles. The van der Waals surface area contributed by atoms with Gasteiger partial charge in [0.25, 0.3) is 0 Å². The van der Waals surface area contributed by atoms with E-state index in [1.165, 1.54) is 25.5 Å². The predicted molar refractivity (Wildman–Crippen MR) is 55.9 cm³/mol. The maximum absolute atomic E-state index is 10.7. The van der Waals surface area contributed by atoms with E-state index in [1.54, 1.807) is 6.20 Å². The molecule has 0 bridgehead atoms. The normalized spacial score (nSPS) is 26.5. The first kappa shape index (κ1) is 10.2. The SMILES string of the molecule is C[C@@H]1CCCC[C@H]1n1cc(C(=O)O)cn1. The molecule has 0 amide bonds. The zero-order valence-corrected chi connectivity index (χ0v) is 8.89. The predicted octanol–water partition coefficient (Wildman–Crippen LogP) is 2.33. The molecule has 2 atom stereocenters. The number of aromatic carboxylic acids is 1. The zero-order valence-electron chi connectivity index (χ0n) is 8.89. The Kier molecular flexibility index (Phi) is 2.75. The molecule has 0 spiro atoms. The van der Waals surface area contributed by atoms with Crippen molar-refractivity contribution < 1.29 is 9.90 Å².